The maximum atomic E-state index is 8.93. The molecule has 0 N–H and O–H groups in total. The monoisotopic (exact) mass is 267 g/mol. The van der Waals surface area contributed by atoms with Crippen LogP contribution in [0, 0.1) is 17.2 Å². The molecule has 0 radical (unpaired) electrons. The van der Waals surface area contributed by atoms with E-state index in [0.29, 0.717) is 17.4 Å². The van der Waals surface area contributed by atoms with Crippen molar-refractivity contribution >= 4 is 0 Å². The van der Waals surface area contributed by atoms with Gasteiger partial charge in [0.15, 0.2) is 5.82 Å². The molecule has 1 aromatic heterocycles. The fourth-order valence-corrected chi connectivity index (χ4v) is 2.92. The molecule has 20 heavy (non-hydrogen) atoms. The normalized spacial score (nSPS) is 21.8. The van der Waals surface area contributed by atoms with Gasteiger partial charge in [-0.2, -0.15) is 10.2 Å². The predicted octanol–water partition coefficient (Wildman–Crippen LogP) is 3.90. The van der Waals surface area contributed by atoms with E-state index in [-0.39, 0.29) is 0 Å². The Morgan fingerprint density at radius 3 is 3.05 bits per heavy atom. The van der Waals surface area contributed by atoms with Gasteiger partial charge in [-0.1, -0.05) is 24.6 Å². The van der Waals surface area contributed by atoms with Gasteiger partial charge in [-0.05, 0) is 43.4 Å². The first-order chi connectivity index (χ1) is 9.80. The van der Waals surface area contributed by atoms with E-state index in [9.17, 15) is 0 Å². The Morgan fingerprint density at radius 2 is 2.30 bits per heavy atom. The highest BCUT2D eigenvalue weighted by molar-refractivity contribution is 5.56. The molecule has 4 heteroatoms. The summed E-state index contributed by atoms with van der Waals surface area (Å²) < 4.78 is 5.36. The Morgan fingerprint density at radius 1 is 1.40 bits per heavy atom. The van der Waals surface area contributed by atoms with Crippen molar-refractivity contribution in [2.45, 2.75) is 38.5 Å². The Labute approximate surface area is 118 Å². The van der Waals surface area contributed by atoms with Gasteiger partial charge >= 0.3 is 0 Å². The van der Waals surface area contributed by atoms with Crippen LogP contribution in [0.5, 0.6) is 0 Å². The van der Waals surface area contributed by atoms with Crippen LogP contribution in [0.25, 0.3) is 11.5 Å². The number of nitrogens with zero attached hydrogens (tertiary/aromatic N) is 3. The quantitative estimate of drug-likeness (QED) is 0.846. The summed E-state index contributed by atoms with van der Waals surface area (Å²) in [6, 6.07) is 9.39. The Hall–Kier alpha value is -2.15. The maximum absolute atomic E-state index is 8.93. The SMILES string of the molecule is CCC1CCC(c2noc(-c3cccc(C#N)c3)n2)C1. The number of hydrogen-bond donors (Lipinski definition) is 0. The standard InChI is InChI=1S/C16H17N3O/c1-2-11-6-7-13(8-11)15-18-16(20-19-15)14-5-3-4-12(9-14)10-17/h3-5,9,11,13H,2,6-8H2,1H3. The molecule has 1 aliphatic carbocycles. The van der Waals surface area contributed by atoms with Gasteiger partial charge in [-0.3, -0.25) is 0 Å². The highest BCUT2D eigenvalue weighted by atomic mass is 16.5. The molecule has 3 rings (SSSR count). The topological polar surface area (TPSA) is 62.7 Å². The molecular weight excluding hydrogens is 250 g/mol. The van der Waals surface area contributed by atoms with E-state index in [1.54, 1.807) is 12.1 Å². The summed E-state index contributed by atoms with van der Waals surface area (Å²) >= 11 is 0. The molecule has 2 aromatic rings. The van der Waals surface area contributed by atoms with Crippen LogP contribution in [0.4, 0.5) is 0 Å². The summed E-state index contributed by atoms with van der Waals surface area (Å²) in [4.78, 5) is 4.52. The number of benzene rings is 1. The van der Waals surface area contributed by atoms with Gasteiger partial charge < -0.3 is 4.52 Å². The van der Waals surface area contributed by atoms with Crippen LogP contribution in [-0.4, -0.2) is 10.1 Å². The second kappa shape index (κ2) is 5.46. The fourth-order valence-electron chi connectivity index (χ4n) is 2.92. The minimum atomic E-state index is 0.427. The van der Waals surface area contributed by atoms with Crippen LogP contribution in [-0.2, 0) is 0 Å². The van der Waals surface area contributed by atoms with E-state index in [1.807, 2.05) is 12.1 Å². The summed E-state index contributed by atoms with van der Waals surface area (Å²) in [5.41, 5.74) is 1.42. The lowest BCUT2D eigenvalue weighted by molar-refractivity contribution is 0.413. The zero-order valence-electron chi connectivity index (χ0n) is 11.5. The van der Waals surface area contributed by atoms with Gasteiger partial charge in [-0.15, -0.1) is 0 Å². The smallest absolute Gasteiger partial charge is 0.257 e. The number of hydrogen-bond acceptors (Lipinski definition) is 4. The molecule has 1 fully saturated rings. The molecule has 1 heterocycles. The Balaban J connectivity index is 1.82. The average molecular weight is 267 g/mol. The van der Waals surface area contributed by atoms with Gasteiger partial charge in [0.05, 0.1) is 11.6 Å². The third-order valence-corrected chi connectivity index (χ3v) is 4.16. The van der Waals surface area contributed by atoms with Crippen LogP contribution in [0.15, 0.2) is 28.8 Å². The highest BCUT2D eigenvalue weighted by Gasteiger charge is 2.28. The second-order valence-corrected chi connectivity index (χ2v) is 5.43. The van der Waals surface area contributed by atoms with Crippen molar-refractivity contribution in [3.8, 4) is 17.5 Å². The number of aromatic nitrogens is 2. The zero-order valence-corrected chi connectivity index (χ0v) is 11.5. The van der Waals surface area contributed by atoms with Crippen molar-refractivity contribution in [3.63, 3.8) is 0 Å². The van der Waals surface area contributed by atoms with E-state index in [1.165, 1.54) is 12.8 Å². The maximum Gasteiger partial charge on any atom is 0.257 e. The molecule has 2 atom stereocenters. The summed E-state index contributed by atoms with van der Waals surface area (Å²) in [5.74, 6) is 2.55. The van der Waals surface area contributed by atoms with E-state index >= 15 is 0 Å². The first kappa shape index (κ1) is 12.9. The molecule has 0 saturated heterocycles. The average Bonchev–Trinajstić information content (AvgIpc) is 3.15. The summed E-state index contributed by atoms with van der Waals surface area (Å²) in [5, 5.41) is 13.1. The molecule has 0 aliphatic heterocycles. The van der Waals surface area contributed by atoms with E-state index < -0.39 is 0 Å². The second-order valence-electron chi connectivity index (χ2n) is 5.43. The Kier molecular flexibility index (Phi) is 3.51. The van der Waals surface area contributed by atoms with Crippen LogP contribution in [0.1, 0.15) is 49.9 Å². The number of nitriles is 1. The van der Waals surface area contributed by atoms with E-state index in [2.05, 4.69) is 23.1 Å². The van der Waals surface area contributed by atoms with Gasteiger partial charge in [0.2, 0.25) is 0 Å². The van der Waals surface area contributed by atoms with Crippen molar-refractivity contribution in [1.29, 1.82) is 5.26 Å². The third kappa shape index (κ3) is 2.44. The van der Waals surface area contributed by atoms with Crippen molar-refractivity contribution in [1.82, 2.24) is 10.1 Å². The molecule has 0 spiro atoms. The van der Waals surface area contributed by atoms with Crippen LogP contribution in [0.2, 0.25) is 0 Å². The van der Waals surface area contributed by atoms with Gasteiger partial charge in [-0.25, -0.2) is 0 Å². The molecule has 102 valence electrons. The molecular formula is C16H17N3O. The zero-order chi connectivity index (χ0) is 13.9. The molecule has 1 aromatic carbocycles. The van der Waals surface area contributed by atoms with Crippen molar-refractivity contribution in [3.05, 3.63) is 35.7 Å². The van der Waals surface area contributed by atoms with Crippen molar-refractivity contribution in [2.75, 3.05) is 0 Å². The van der Waals surface area contributed by atoms with Crippen LogP contribution in [0.3, 0.4) is 0 Å². The van der Waals surface area contributed by atoms with Crippen molar-refractivity contribution < 1.29 is 4.52 Å². The predicted molar refractivity (Wildman–Crippen MR) is 74.8 cm³/mol. The first-order valence-electron chi connectivity index (χ1n) is 7.14. The number of rotatable bonds is 3. The largest absolute Gasteiger partial charge is 0.334 e. The molecule has 4 nitrogen and oxygen atoms in total. The van der Waals surface area contributed by atoms with E-state index in [4.69, 9.17) is 9.78 Å². The van der Waals surface area contributed by atoms with Gasteiger partial charge in [0.1, 0.15) is 0 Å². The lowest BCUT2D eigenvalue weighted by atomic mass is 10.0. The molecule has 0 bridgehead atoms. The summed E-state index contributed by atoms with van der Waals surface area (Å²) in [6.07, 6.45) is 4.80. The van der Waals surface area contributed by atoms with Gasteiger partial charge in [0, 0.05) is 11.5 Å². The molecule has 1 aliphatic rings. The fraction of sp³-hybridized carbons (Fsp3) is 0.438. The van der Waals surface area contributed by atoms with Crippen LogP contribution >= 0.6 is 0 Å². The summed E-state index contributed by atoms with van der Waals surface area (Å²) in [6.45, 7) is 2.24. The third-order valence-electron chi connectivity index (χ3n) is 4.16. The Bertz CT molecular complexity index is 641. The molecule has 2 unspecified atom stereocenters. The lowest BCUT2D eigenvalue weighted by Crippen LogP contribution is -1.97. The summed E-state index contributed by atoms with van der Waals surface area (Å²) in [7, 11) is 0. The van der Waals surface area contributed by atoms with Gasteiger partial charge in [0.25, 0.3) is 5.89 Å². The molecule has 1 saturated carbocycles. The lowest BCUT2D eigenvalue weighted by Gasteiger charge is -2.04. The minimum Gasteiger partial charge on any atom is -0.334 e. The highest BCUT2D eigenvalue weighted by Crippen LogP contribution is 2.38. The van der Waals surface area contributed by atoms with E-state index in [0.717, 1.165) is 30.1 Å². The van der Waals surface area contributed by atoms with Crippen LogP contribution < -0.4 is 0 Å². The minimum absolute atomic E-state index is 0.427. The first-order valence-corrected chi connectivity index (χ1v) is 7.14. The molecule has 0 amide bonds. The van der Waals surface area contributed by atoms with Crippen molar-refractivity contribution in [2.24, 2.45) is 5.92 Å².